The molecule has 0 aliphatic rings. The van der Waals surface area contributed by atoms with E-state index in [9.17, 15) is 4.57 Å². The van der Waals surface area contributed by atoms with Crippen molar-refractivity contribution in [2.45, 2.75) is 0 Å². The highest BCUT2D eigenvalue weighted by molar-refractivity contribution is 7.85. The zero-order valence-electron chi connectivity index (χ0n) is 32.0. The second-order valence-corrected chi connectivity index (χ2v) is 17.7. The molecule has 0 bridgehead atoms. The number of rotatable bonds is 7. The predicted octanol–water partition coefficient (Wildman–Crippen LogP) is 12.5. The molecule has 0 aliphatic heterocycles. The summed E-state index contributed by atoms with van der Waals surface area (Å²) in [6.07, 6.45) is 0. The maximum Gasteiger partial charge on any atom is 0.171 e. The molecule has 0 atom stereocenters. The van der Waals surface area contributed by atoms with Crippen molar-refractivity contribution in [3.05, 3.63) is 218 Å². The van der Waals surface area contributed by atoms with Crippen molar-refractivity contribution >= 4 is 61.4 Å². The highest BCUT2D eigenvalue weighted by Gasteiger charge is 2.29. The fraction of sp³-hybridized carbons (Fsp3) is 0. The average molecular weight is 774 g/mol. The molecule has 0 N–H and O–H groups in total. The lowest BCUT2D eigenvalue weighted by atomic mass is 9.98. The first-order valence-electron chi connectivity index (χ1n) is 19.8. The maximum absolute atomic E-state index is 14.9. The molecule has 0 saturated heterocycles. The van der Waals surface area contributed by atoms with Gasteiger partial charge in [0.05, 0.1) is 16.6 Å². The van der Waals surface area contributed by atoms with E-state index < -0.39 is 7.14 Å². The van der Waals surface area contributed by atoms with E-state index in [2.05, 4.69) is 144 Å². The number of hydrogen-bond donors (Lipinski definition) is 0. The summed E-state index contributed by atoms with van der Waals surface area (Å²) in [5.74, 6) is 0.835. The molecule has 11 aromatic rings. The van der Waals surface area contributed by atoms with Crippen LogP contribution in [0.25, 0.3) is 83.1 Å². The van der Waals surface area contributed by atoms with E-state index in [0.717, 1.165) is 77.1 Å². The second kappa shape index (κ2) is 14.2. The molecule has 0 saturated carbocycles. The third-order valence-corrected chi connectivity index (χ3v) is 14.6. The van der Waals surface area contributed by atoms with Gasteiger partial charge >= 0.3 is 0 Å². The molecule has 5 heteroatoms. The lowest BCUT2D eigenvalue weighted by Gasteiger charge is -2.20. The summed E-state index contributed by atoms with van der Waals surface area (Å²) in [5.41, 5.74) is 11.5. The molecule has 2 aromatic heterocycles. The number of hydrogen-bond acceptors (Lipinski definition) is 3. The SMILES string of the molecule is O=P(c1ccccc1)(c1ccccc1)c1ccc(-c2ccc(-c3nc4ccc(-c5ccc(-c6ccc7ccccc7c6)cc5)cc4c4nc5ccccc5n34)cc2)cc1. The van der Waals surface area contributed by atoms with E-state index in [1.807, 2.05) is 78.9 Å². The summed E-state index contributed by atoms with van der Waals surface area (Å²) in [6, 6.07) is 75.0. The van der Waals surface area contributed by atoms with Crippen LogP contribution in [0.1, 0.15) is 0 Å². The normalized spacial score (nSPS) is 11.8. The molecule has 2 heterocycles. The molecular weight excluding hydrogens is 738 g/mol. The predicted molar refractivity (Wildman–Crippen MR) is 247 cm³/mol. The van der Waals surface area contributed by atoms with Gasteiger partial charge in [-0.15, -0.1) is 0 Å². The van der Waals surface area contributed by atoms with Crippen LogP contribution in [0.4, 0.5) is 0 Å². The summed E-state index contributed by atoms with van der Waals surface area (Å²) in [6.45, 7) is 0. The van der Waals surface area contributed by atoms with E-state index in [0.29, 0.717) is 0 Å². The minimum Gasteiger partial charge on any atom is -0.309 e. The van der Waals surface area contributed by atoms with Crippen molar-refractivity contribution in [1.29, 1.82) is 0 Å². The molecule has 0 spiro atoms. The first-order chi connectivity index (χ1) is 29.1. The quantitative estimate of drug-likeness (QED) is 0.152. The average Bonchev–Trinajstić information content (AvgIpc) is 3.72. The standard InChI is InChI=1S/C54H36N3OP/c58-59(46-13-3-1-4-14-46,47-15-5-2-6-16-47)48-32-29-39(30-33-48)38-23-26-42(27-24-38)53-55-50-34-31-45(36-49(50)54-56-51-17-9-10-18-52(51)57(53)54)41-21-19-40(20-22-41)44-28-25-37-11-7-8-12-43(37)35-44/h1-36H. The van der Waals surface area contributed by atoms with Crippen LogP contribution >= 0.6 is 7.14 Å². The molecule has 59 heavy (non-hydrogen) atoms. The number of nitrogens with zero attached hydrogens (tertiary/aromatic N) is 3. The van der Waals surface area contributed by atoms with E-state index >= 15 is 0 Å². The molecule has 11 rings (SSSR count). The van der Waals surface area contributed by atoms with Gasteiger partial charge in [0.25, 0.3) is 0 Å². The molecule has 0 radical (unpaired) electrons. The first-order valence-corrected chi connectivity index (χ1v) is 21.5. The molecule has 278 valence electrons. The van der Waals surface area contributed by atoms with Crippen LogP contribution in [-0.2, 0) is 4.57 Å². The van der Waals surface area contributed by atoms with Gasteiger partial charge in [-0.2, -0.15) is 0 Å². The number of fused-ring (bicyclic) bond motifs is 6. The number of benzene rings is 9. The Kier molecular flexibility index (Phi) is 8.39. The summed E-state index contributed by atoms with van der Waals surface area (Å²) < 4.78 is 17.1. The van der Waals surface area contributed by atoms with Gasteiger partial charge in [0.1, 0.15) is 11.5 Å². The van der Waals surface area contributed by atoms with E-state index in [1.54, 1.807) is 0 Å². The molecule has 0 aliphatic carbocycles. The van der Waals surface area contributed by atoms with Crippen LogP contribution in [0, 0.1) is 0 Å². The zero-order valence-corrected chi connectivity index (χ0v) is 32.9. The van der Waals surface area contributed by atoms with Gasteiger partial charge in [-0.3, -0.25) is 4.40 Å². The third kappa shape index (κ3) is 6.05. The largest absolute Gasteiger partial charge is 0.309 e. The van der Waals surface area contributed by atoms with Crippen molar-refractivity contribution < 1.29 is 4.57 Å². The van der Waals surface area contributed by atoms with Crippen LogP contribution in [0.5, 0.6) is 0 Å². The van der Waals surface area contributed by atoms with Crippen molar-refractivity contribution in [3.8, 4) is 44.8 Å². The number of imidazole rings is 1. The minimum absolute atomic E-state index is 0.811. The molecule has 0 unspecified atom stereocenters. The summed E-state index contributed by atoms with van der Waals surface area (Å²) in [5, 5.41) is 5.95. The molecule has 0 amide bonds. The highest BCUT2D eigenvalue weighted by Crippen LogP contribution is 2.43. The molecule has 9 aromatic carbocycles. The van der Waals surface area contributed by atoms with Crippen LogP contribution in [0.15, 0.2) is 218 Å². The van der Waals surface area contributed by atoms with Gasteiger partial charge in [-0.25, -0.2) is 9.97 Å². The Bertz CT molecular complexity index is 3330. The molecule has 4 nitrogen and oxygen atoms in total. The van der Waals surface area contributed by atoms with Crippen LogP contribution in [0.3, 0.4) is 0 Å². The van der Waals surface area contributed by atoms with Crippen molar-refractivity contribution in [3.63, 3.8) is 0 Å². The lowest BCUT2D eigenvalue weighted by molar-refractivity contribution is 0.592. The maximum atomic E-state index is 14.9. The summed E-state index contributed by atoms with van der Waals surface area (Å²) in [7, 11) is -3.05. The smallest absolute Gasteiger partial charge is 0.171 e. The summed E-state index contributed by atoms with van der Waals surface area (Å²) in [4.78, 5) is 10.5. The summed E-state index contributed by atoms with van der Waals surface area (Å²) >= 11 is 0. The van der Waals surface area contributed by atoms with E-state index in [4.69, 9.17) is 9.97 Å². The van der Waals surface area contributed by atoms with Crippen molar-refractivity contribution in [1.82, 2.24) is 14.4 Å². The highest BCUT2D eigenvalue weighted by atomic mass is 31.2. The van der Waals surface area contributed by atoms with Gasteiger partial charge in [-0.1, -0.05) is 188 Å². The van der Waals surface area contributed by atoms with Gasteiger partial charge < -0.3 is 4.57 Å². The Labute approximate surface area is 342 Å². The monoisotopic (exact) mass is 773 g/mol. The Morgan fingerprint density at radius 2 is 0.831 bits per heavy atom. The van der Waals surface area contributed by atoms with Gasteiger partial charge in [0.15, 0.2) is 7.14 Å². The Balaban J connectivity index is 0.942. The Morgan fingerprint density at radius 1 is 0.356 bits per heavy atom. The third-order valence-electron chi connectivity index (χ3n) is 11.5. The van der Waals surface area contributed by atoms with E-state index in [-0.39, 0.29) is 0 Å². The molecular formula is C54H36N3OP. The fourth-order valence-corrected chi connectivity index (χ4v) is 11.0. The molecule has 0 fully saturated rings. The zero-order chi connectivity index (χ0) is 39.3. The number of para-hydroxylation sites is 2. The minimum atomic E-state index is -3.05. The Hall–Kier alpha value is -7.39. The van der Waals surface area contributed by atoms with Crippen LogP contribution in [0.2, 0.25) is 0 Å². The number of aromatic nitrogens is 3. The van der Waals surface area contributed by atoms with Gasteiger partial charge in [-0.05, 0) is 74.5 Å². The Morgan fingerprint density at radius 3 is 1.49 bits per heavy atom. The van der Waals surface area contributed by atoms with Gasteiger partial charge in [0, 0.05) is 26.9 Å². The van der Waals surface area contributed by atoms with Crippen molar-refractivity contribution in [2.24, 2.45) is 0 Å². The topological polar surface area (TPSA) is 47.3 Å². The lowest BCUT2D eigenvalue weighted by Crippen LogP contribution is -2.24. The second-order valence-electron chi connectivity index (χ2n) is 15.0. The van der Waals surface area contributed by atoms with Crippen LogP contribution < -0.4 is 15.9 Å². The van der Waals surface area contributed by atoms with Crippen LogP contribution in [-0.4, -0.2) is 14.4 Å². The fourth-order valence-electron chi connectivity index (χ4n) is 8.39. The van der Waals surface area contributed by atoms with E-state index in [1.165, 1.54) is 21.9 Å². The first kappa shape index (κ1) is 34.8. The van der Waals surface area contributed by atoms with Gasteiger partial charge in [0.2, 0.25) is 0 Å². The van der Waals surface area contributed by atoms with Crippen molar-refractivity contribution in [2.75, 3.05) is 0 Å².